The van der Waals surface area contributed by atoms with Crippen LogP contribution in [0.15, 0.2) is 24.3 Å². The van der Waals surface area contributed by atoms with Crippen LogP contribution in [0.4, 0.5) is 0 Å². The molecule has 16 heavy (non-hydrogen) atoms. The fraction of sp³-hybridized carbons (Fsp3) is 0.357. The van der Waals surface area contributed by atoms with Crippen LogP contribution in [0.2, 0.25) is 0 Å². The zero-order valence-corrected chi connectivity index (χ0v) is 9.86. The second-order valence-corrected chi connectivity index (χ2v) is 4.05. The Labute approximate surface area is 97.3 Å². The molecule has 0 fully saturated rings. The average molecular weight is 215 g/mol. The van der Waals surface area contributed by atoms with Crippen molar-refractivity contribution in [2.45, 2.75) is 12.8 Å². The third kappa shape index (κ3) is 3.88. The molecular weight excluding hydrogens is 198 g/mol. The van der Waals surface area contributed by atoms with Gasteiger partial charge in [0.2, 0.25) is 0 Å². The molecule has 0 heterocycles. The molecule has 2 nitrogen and oxygen atoms in total. The quantitative estimate of drug-likeness (QED) is 0.554. The van der Waals surface area contributed by atoms with E-state index in [-0.39, 0.29) is 5.78 Å². The second kappa shape index (κ2) is 6.09. The van der Waals surface area contributed by atoms with E-state index in [1.807, 2.05) is 14.1 Å². The van der Waals surface area contributed by atoms with Crippen LogP contribution in [0, 0.1) is 12.3 Å². The highest BCUT2D eigenvalue weighted by molar-refractivity contribution is 5.96. The number of Topliss-reactive ketones (excluding diaryl/α,β-unsaturated/α-hetero) is 1. The Kier molecular flexibility index (Phi) is 4.75. The van der Waals surface area contributed by atoms with Gasteiger partial charge in [-0.2, -0.15) is 0 Å². The predicted molar refractivity (Wildman–Crippen MR) is 66.5 cm³/mol. The lowest BCUT2D eigenvalue weighted by Gasteiger charge is -2.08. The van der Waals surface area contributed by atoms with Crippen LogP contribution in [-0.2, 0) is 0 Å². The Morgan fingerprint density at radius 2 is 1.94 bits per heavy atom. The van der Waals surface area contributed by atoms with Gasteiger partial charge in [-0.1, -0.05) is 18.1 Å². The number of ketones is 1. The minimum atomic E-state index is 0.186. The van der Waals surface area contributed by atoms with Gasteiger partial charge >= 0.3 is 0 Å². The van der Waals surface area contributed by atoms with Gasteiger partial charge in [0.15, 0.2) is 5.78 Å². The summed E-state index contributed by atoms with van der Waals surface area (Å²) in [5, 5.41) is 0. The van der Waals surface area contributed by atoms with Gasteiger partial charge in [-0.3, -0.25) is 4.79 Å². The maximum Gasteiger partial charge on any atom is 0.162 e. The van der Waals surface area contributed by atoms with E-state index in [1.165, 1.54) is 0 Å². The lowest BCUT2D eigenvalue weighted by Crippen LogP contribution is -2.14. The number of carbonyl (C=O) groups is 1. The first-order chi connectivity index (χ1) is 7.63. The molecule has 0 aliphatic rings. The highest BCUT2D eigenvalue weighted by Crippen LogP contribution is 2.07. The molecule has 0 amide bonds. The first-order valence-electron chi connectivity index (χ1n) is 5.38. The van der Waals surface area contributed by atoms with Gasteiger partial charge in [0, 0.05) is 17.5 Å². The Bertz CT molecular complexity index is 384. The number of hydrogen-bond donors (Lipinski definition) is 0. The lowest BCUT2D eigenvalue weighted by atomic mass is 10.0. The van der Waals surface area contributed by atoms with E-state index < -0.39 is 0 Å². The van der Waals surface area contributed by atoms with Crippen molar-refractivity contribution >= 4 is 5.78 Å². The van der Waals surface area contributed by atoms with E-state index in [4.69, 9.17) is 6.42 Å². The van der Waals surface area contributed by atoms with Crippen molar-refractivity contribution in [3.05, 3.63) is 35.4 Å². The minimum absolute atomic E-state index is 0.186. The summed E-state index contributed by atoms with van der Waals surface area (Å²) in [6.07, 6.45) is 6.73. The van der Waals surface area contributed by atoms with Crippen LogP contribution in [0.1, 0.15) is 28.8 Å². The van der Waals surface area contributed by atoms with Crippen LogP contribution >= 0.6 is 0 Å². The van der Waals surface area contributed by atoms with Gasteiger partial charge in [0.25, 0.3) is 0 Å². The van der Waals surface area contributed by atoms with Crippen molar-refractivity contribution in [1.29, 1.82) is 0 Å². The minimum Gasteiger partial charge on any atom is -0.309 e. The number of benzene rings is 1. The molecule has 0 aliphatic carbocycles. The molecule has 84 valence electrons. The fourth-order valence-corrected chi connectivity index (χ4v) is 1.45. The molecule has 0 aromatic heterocycles. The van der Waals surface area contributed by atoms with Crippen molar-refractivity contribution in [1.82, 2.24) is 4.90 Å². The highest BCUT2D eigenvalue weighted by Gasteiger charge is 2.05. The maximum absolute atomic E-state index is 11.8. The smallest absolute Gasteiger partial charge is 0.162 e. The summed E-state index contributed by atoms with van der Waals surface area (Å²) in [4.78, 5) is 13.8. The van der Waals surface area contributed by atoms with Crippen LogP contribution < -0.4 is 0 Å². The molecule has 0 aliphatic heterocycles. The van der Waals surface area contributed by atoms with Gasteiger partial charge in [0.05, 0.1) is 0 Å². The molecule has 0 spiro atoms. The van der Waals surface area contributed by atoms with Crippen LogP contribution in [0.25, 0.3) is 0 Å². The Morgan fingerprint density at radius 1 is 1.31 bits per heavy atom. The monoisotopic (exact) mass is 215 g/mol. The number of rotatable bonds is 5. The van der Waals surface area contributed by atoms with Crippen LogP contribution in [-0.4, -0.2) is 31.3 Å². The zero-order valence-electron chi connectivity index (χ0n) is 9.86. The molecule has 1 aromatic carbocycles. The molecule has 2 heteroatoms. The van der Waals surface area contributed by atoms with Gasteiger partial charge < -0.3 is 4.90 Å². The molecule has 1 aromatic rings. The van der Waals surface area contributed by atoms with Crippen molar-refractivity contribution in [3.63, 3.8) is 0 Å². The van der Waals surface area contributed by atoms with Crippen molar-refractivity contribution in [2.75, 3.05) is 20.6 Å². The number of hydrogen-bond acceptors (Lipinski definition) is 2. The van der Waals surface area contributed by atoms with Crippen molar-refractivity contribution < 1.29 is 4.79 Å². The van der Waals surface area contributed by atoms with Crippen molar-refractivity contribution in [2.24, 2.45) is 0 Å². The van der Waals surface area contributed by atoms with E-state index in [2.05, 4.69) is 10.8 Å². The summed E-state index contributed by atoms with van der Waals surface area (Å²) < 4.78 is 0. The molecule has 0 saturated heterocycles. The Morgan fingerprint density at radius 3 is 2.44 bits per heavy atom. The Balaban J connectivity index is 2.50. The molecule has 0 radical (unpaired) electrons. The SMILES string of the molecule is C#Cc1ccc(C(=O)CCCN(C)C)cc1. The summed E-state index contributed by atoms with van der Waals surface area (Å²) in [5.74, 6) is 2.72. The summed E-state index contributed by atoms with van der Waals surface area (Å²) in [6.45, 7) is 0.939. The third-order valence-electron chi connectivity index (χ3n) is 2.38. The first-order valence-corrected chi connectivity index (χ1v) is 5.38. The van der Waals surface area contributed by atoms with Crippen LogP contribution in [0.5, 0.6) is 0 Å². The average Bonchev–Trinajstić information content (AvgIpc) is 2.28. The molecule has 0 bridgehead atoms. The first kappa shape index (κ1) is 12.5. The van der Waals surface area contributed by atoms with E-state index in [0.29, 0.717) is 6.42 Å². The molecule has 0 saturated carbocycles. The molecule has 0 N–H and O–H groups in total. The van der Waals surface area contributed by atoms with Gasteiger partial charge in [0.1, 0.15) is 0 Å². The number of terminal acetylenes is 1. The van der Waals surface area contributed by atoms with E-state index in [9.17, 15) is 4.79 Å². The van der Waals surface area contributed by atoms with Crippen molar-refractivity contribution in [3.8, 4) is 12.3 Å². The van der Waals surface area contributed by atoms with Gasteiger partial charge in [-0.05, 0) is 39.2 Å². The van der Waals surface area contributed by atoms with E-state index >= 15 is 0 Å². The molecule has 0 atom stereocenters. The second-order valence-electron chi connectivity index (χ2n) is 4.05. The molecule has 1 rings (SSSR count). The summed E-state index contributed by atoms with van der Waals surface area (Å²) in [6, 6.07) is 7.21. The van der Waals surface area contributed by atoms with Gasteiger partial charge in [-0.25, -0.2) is 0 Å². The number of nitrogens with zero attached hydrogens (tertiary/aromatic N) is 1. The molecule has 0 unspecified atom stereocenters. The zero-order chi connectivity index (χ0) is 12.0. The summed E-state index contributed by atoms with van der Waals surface area (Å²) in [7, 11) is 4.01. The van der Waals surface area contributed by atoms with E-state index in [0.717, 1.165) is 24.1 Å². The predicted octanol–water partition coefficient (Wildman–Crippen LogP) is 2.19. The topological polar surface area (TPSA) is 20.3 Å². The normalized spacial score (nSPS) is 10.1. The summed E-state index contributed by atoms with van der Waals surface area (Å²) in [5.41, 5.74) is 1.56. The third-order valence-corrected chi connectivity index (χ3v) is 2.38. The Hall–Kier alpha value is -1.59. The number of carbonyl (C=O) groups excluding carboxylic acids is 1. The lowest BCUT2D eigenvalue weighted by molar-refractivity contribution is 0.0977. The maximum atomic E-state index is 11.8. The van der Waals surface area contributed by atoms with Gasteiger partial charge in [-0.15, -0.1) is 6.42 Å². The van der Waals surface area contributed by atoms with E-state index in [1.54, 1.807) is 24.3 Å². The fourth-order valence-electron chi connectivity index (χ4n) is 1.45. The summed E-state index contributed by atoms with van der Waals surface area (Å²) >= 11 is 0. The standard InChI is InChI=1S/C14H17NO/c1-4-12-7-9-13(10-8-12)14(16)6-5-11-15(2)3/h1,7-10H,5-6,11H2,2-3H3. The molecular formula is C14H17NO. The van der Waals surface area contributed by atoms with Crippen LogP contribution in [0.3, 0.4) is 0 Å². The highest BCUT2D eigenvalue weighted by atomic mass is 16.1. The largest absolute Gasteiger partial charge is 0.309 e.